The first-order chi connectivity index (χ1) is 8.16. The van der Waals surface area contributed by atoms with Gasteiger partial charge in [0, 0.05) is 18.8 Å². The number of benzene rings is 1. The van der Waals surface area contributed by atoms with Crippen LogP contribution in [-0.2, 0) is 4.79 Å². The Morgan fingerprint density at radius 3 is 2.33 bits per heavy atom. The molecule has 3 nitrogen and oxygen atoms in total. The van der Waals surface area contributed by atoms with E-state index in [-0.39, 0.29) is 18.3 Å². The molecule has 0 radical (unpaired) electrons. The fraction of sp³-hybridized carbons (Fsp3) is 0.500. The lowest BCUT2D eigenvalue weighted by molar-refractivity contribution is -0.128. The minimum atomic E-state index is 0. The van der Waals surface area contributed by atoms with Gasteiger partial charge in [0.25, 0.3) is 0 Å². The van der Waals surface area contributed by atoms with E-state index in [1.165, 1.54) is 0 Å². The molecule has 4 heteroatoms. The normalized spacial score (nSPS) is 22.4. The average molecular weight is 269 g/mol. The Morgan fingerprint density at radius 2 is 1.78 bits per heavy atom. The van der Waals surface area contributed by atoms with E-state index in [1.807, 2.05) is 35.2 Å². The number of amides is 1. The smallest absolute Gasteiger partial charge is 0.241 e. The molecule has 2 rings (SSSR count). The third kappa shape index (κ3) is 3.64. The van der Waals surface area contributed by atoms with Crippen molar-refractivity contribution >= 4 is 24.0 Å². The quantitative estimate of drug-likeness (QED) is 0.914. The second kappa shape index (κ2) is 6.64. The van der Waals surface area contributed by atoms with E-state index < -0.39 is 0 Å². The lowest BCUT2D eigenvalue weighted by Crippen LogP contribution is -2.33. The third-order valence-corrected chi connectivity index (χ3v) is 3.56. The van der Waals surface area contributed by atoms with Crippen molar-refractivity contribution in [2.75, 3.05) is 25.0 Å². The Kier molecular flexibility index (Phi) is 5.48. The van der Waals surface area contributed by atoms with E-state index in [0.717, 1.165) is 18.8 Å². The van der Waals surface area contributed by atoms with E-state index in [9.17, 15) is 4.79 Å². The molecule has 1 aromatic rings. The number of para-hydroxylation sites is 1. The van der Waals surface area contributed by atoms with Gasteiger partial charge in [0.15, 0.2) is 0 Å². The average Bonchev–Trinajstić information content (AvgIpc) is 2.68. The molecule has 0 saturated carbocycles. The number of hydrogen-bond acceptors (Lipinski definition) is 2. The van der Waals surface area contributed by atoms with Crippen LogP contribution in [0.1, 0.15) is 13.8 Å². The molecule has 2 unspecified atom stereocenters. The first-order valence-electron chi connectivity index (χ1n) is 6.23. The topological polar surface area (TPSA) is 32.3 Å². The summed E-state index contributed by atoms with van der Waals surface area (Å²) in [6.45, 7) is 6.61. The lowest BCUT2D eigenvalue weighted by atomic mass is 10.0. The van der Waals surface area contributed by atoms with Gasteiger partial charge in [-0.15, -0.1) is 12.4 Å². The summed E-state index contributed by atoms with van der Waals surface area (Å²) in [5.74, 6) is 1.44. The van der Waals surface area contributed by atoms with Crippen LogP contribution in [0.5, 0.6) is 0 Å². The lowest BCUT2D eigenvalue weighted by Gasteiger charge is -2.16. The van der Waals surface area contributed by atoms with Gasteiger partial charge < -0.3 is 10.2 Å². The molecule has 0 bridgehead atoms. The zero-order chi connectivity index (χ0) is 12.3. The second-order valence-corrected chi connectivity index (χ2v) is 4.97. The maximum atomic E-state index is 12.0. The highest BCUT2D eigenvalue weighted by atomic mass is 35.5. The molecule has 0 spiro atoms. The molecule has 1 aliphatic heterocycles. The Bertz CT molecular complexity index is 373. The maximum Gasteiger partial charge on any atom is 0.241 e. The fourth-order valence-electron chi connectivity index (χ4n) is 2.18. The first-order valence-corrected chi connectivity index (χ1v) is 6.23. The van der Waals surface area contributed by atoms with Gasteiger partial charge in [-0.2, -0.15) is 0 Å². The monoisotopic (exact) mass is 268 g/mol. The first kappa shape index (κ1) is 14.8. The molecule has 1 N–H and O–H groups in total. The van der Waals surface area contributed by atoms with Crippen molar-refractivity contribution in [3.05, 3.63) is 30.3 Å². The third-order valence-electron chi connectivity index (χ3n) is 3.56. The van der Waals surface area contributed by atoms with Gasteiger partial charge in [0.05, 0.1) is 6.54 Å². The molecular weight excluding hydrogens is 248 g/mol. The minimum Gasteiger partial charge on any atom is -0.376 e. The predicted octanol–water partition coefficient (Wildman–Crippen LogP) is 2.63. The van der Waals surface area contributed by atoms with Crippen molar-refractivity contribution in [1.29, 1.82) is 0 Å². The summed E-state index contributed by atoms with van der Waals surface area (Å²) in [6.07, 6.45) is 0. The predicted molar refractivity (Wildman–Crippen MR) is 77.1 cm³/mol. The number of likely N-dealkylation sites (tertiary alicyclic amines) is 1. The number of hydrogen-bond donors (Lipinski definition) is 1. The summed E-state index contributed by atoms with van der Waals surface area (Å²) < 4.78 is 0. The Hall–Kier alpha value is -1.22. The van der Waals surface area contributed by atoms with Gasteiger partial charge in [-0.25, -0.2) is 0 Å². The molecule has 100 valence electrons. The molecule has 18 heavy (non-hydrogen) atoms. The molecule has 2 atom stereocenters. The van der Waals surface area contributed by atoms with Crippen molar-refractivity contribution < 1.29 is 4.79 Å². The summed E-state index contributed by atoms with van der Waals surface area (Å²) in [7, 11) is 0. The van der Waals surface area contributed by atoms with Gasteiger partial charge in [0.1, 0.15) is 0 Å². The molecular formula is C14H21ClN2O. The Balaban J connectivity index is 0.00000162. The van der Waals surface area contributed by atoms with Gasteiger partial charge in [-0.1, -0.05) is 32.0 Å². The zero-order valence-electron chi connectivity index (χ0n) is 10.9. The maximum absolute atomic E-state index is 12.0. The molecule has 1 aromatic carbocycles. The Labute approximate surface area is 115 Å². The number of carbonyl (C=O) groups is 1. The largest absolute Gasteiger partial charge is 0.376 e. The second-order valence-electron chi connectivity index (χ2n) is 4.97. The van der Waals surface area contributed by atoms with Gasteiger partial charge >= 0.3 is 0 Å². The molecule has 1 fully saturated rings. The number of nitrogens with one attached hydrogen (secondary N) is 1. The standard InChI is InChI=1S/C14H20N2O.ClH/c1-11-9-16(10-12(11)2)14(17)8-15-13-6-4-3-5-7-13;/h3-7,11-12,15H,8-10H2,1-2H3;1H. The molecule has 1 heterocycles. The van der Waals surface area contributed by atoms with Crippen LogP contribution < -0.4 is 5.32 Å². The summed E-state index contributed by atoms with van der Waals surface area (Å²) in [5.41, 5.74) is 1.00. The van der Waals surface area contributed by atoms with E-state index in [2.05, 4.69) is 19.2 Å². The van der Waals surface area contributed by atoms with Crippen LogP contribution in [0.25, 0.3) is 0 Å². The molecule has 1 aliphatic rings. The van der Waals surface area contributed by atoms with Crippen LogP contribution in [0.15, 0.2) is 30.3 Å². The summed E-state index contributed by atoms with van der Waals surface area (Å²) in [6, 6.07) is 9.85. The SMILES string of the molecule is CC1CN(C(=O)CNc2ccccc2)CC1C.Cl. The number of rotatable bonds is 3. The van der Waals surface area contributed by atoms with Crippen LogP contribution >= 0.6 is 12.4 Å². The number of halogens is 1. The number of carbonyl (C=O) groups excluding carboxylic acids is 1. The summed E-state index contributed by atoms with van der Waals surface area (Å²) >= 11 is 0. The van der Waals surface area contributed by atoms with Crippen LogP contribution in [0.2, 0.25) is 0 Å². The molecule has 1 amide bonds. The van der Waals surface area contributed by atoms with Gasteiger partial charge in [0.2, 0.25) is 5.91 Å². The van der Waals surface area contributed by atoms with Gasteiger partial charge in [-0.3, -0.25) is 4.79 Å². The van der Waals surface area contributed by atoms with E-state index in [4.69, 9.17) is 0 Å². The summed E-state index contributed by atoms with van der Waals surface area (Å²) in [5, 5.41) is 3.16. The van der Waals surface area contributed by atoms with Gasteiger partial charge in [-0.05, 0) is 24.0 Å². The van der Waals surface area contributed by atoms with Crippen molar-refractivity contribution in [1.82, 2.24) is 4.90 Å². The molecule has 0 aliphatic carbocycles. The van der Waals surface area contributed by atoms with Crippen LogP contribution in [-0.4, -0.2) is 30.4 Å². The van der Waals surface area contributed by atoms with Crippen LogP contribution in [0, 0.1) is 11.8 Å². The molecule has 0 aromatic heterocycles. The van der Waals surface area contributed by atoms with E-state index in [1.54, 1.807) is 0 Å². The minimum absolute atomic E-state index is 0. The zero-order valence-corrected chi connectivity index (χ0v) is 11.7. The number of anilines is 1. The van der Waals surface area contributed by atoms with Crippen LogP contribution in [0.3, 0.4) is 0 Å². The van der Waals surface area contributed by atoms with Crippen LogP contribution in [0.4, 0.5) is 5.69 Å². The van der Waals surface area contributed by atoms with Crippen molar-refractivity contribution in [2.24, 2.45) is 11.8 Å². The van der Waals surface area contributed by atoms with E-state index in [0.29, 0.717) is 18.4 Å². The van der Waals surface area contributed by atoms with E-state index >= 15 is 0 Å². The highest BCUT2D eigenvalue weighted by Gasteiger charge is 2.28. The highest BCUT2D eigenvalue weighted by Crippen LogP contribution is 2.21. The summed E-state index contributed by atoms with van der Waals surface area (Å²) in [4.78, 5) is 13.9. The van der Waals surface area contributed by atoms with Crippen molar-refractivity contribution in [2.45, 2.75) is 13.8 Å². The molecule has 1 saturated heterocycles. The highest BCUT2D eigenvalue weighted by molar-refractivity contribution is 5.85. The number of nitrogens with zero attached hydrogens (tertiary/aromatic N) is 1. The Morgan fingerprint density at radius 1 is 1.22 bits per heavy atom. The van der Waals surface area contributed by atoms with Crippen molar-refractivity contribution in [3.63, 3.8) is 0 Å². The fourth-order valence-corrected chi connectivity index (χ4v) is 2.18. The van der Waals surface area contributed by atoms with Crippen molar-refractivity contribution in [3.8, 4) is 0 Å².